The molecule has 4 rings (SSSR count). The Balaban J connectivity index is 1.66. The lowest BCUT2D eigenvalue weighted by Crippen LogP contribution is -2.32. The van der Waals surface area contributed by atoms with E-state index >= 15 is 0 Å². The van der Waals surface area contributed by atoms with Gasteiger partial charge in [0.25, 0.3) is 10.0 Å². The number of fused-ring (bicyclic) bond motifs is 1. The van der Waals surface area contributed by atoms with Gasteiger partial charge >= 0.3 is 0 Å². The Bertz CT molecular complexity index is 1350. The maximum absolute atomic E-state index is 13.2. The van der Waals surface area contributed by atoms with Crippen molar-refractivity contribution in [2.24, 2.45) is 11.8 Å². The molecule has 190 valence electrons. The van der Waals surface area contributed by atoms with Gasteiger partial charge in [-0.1, -0.05) is 57.2 Å². The van der Waals surface area contributed by atoms with Crippen LogP contribution in [-0.4, -0.2) is 21.3 Å². The molecule has 0 aliphatic carbocycles. The summed E-state index contributed by atoms with van der Waals surface area (Å²) in [7, 11) is -2.11. The van der Waals surface area contributed by atoms with Gasteiger partial charge in [-0.25, -0.2) is 8.42 Å². The number of ketones is 1. The summed E-state index contributed by atoms with van der Waals surface area (Å²) in [6.45, 7) is 7.82. The highest BCUT2D eigenvalue weighted by Crippen LogP contribution is 2.47. The number of ether oxygens (including phenoxy) is 1. The first kappa shape index (κ1) is 25.9. The number of rotatable bonds is 8. The Morgan fingerprint density at radius 3 is 2.39 bits per heavy atom. The smallest absolute Gasteiger partial charge is 0.261 e. The number of carbonyl (C=O) groups is 1. The van der Waals surface area contributed by atoms with Crippen molar-refractivity contribution in [1.82, 2.24) is 0 Å². The van der Waals surface area contributed by atoms with Crippen molar-refractivity contribution in [3.05, 3.63) is 89.0 Å². The highest BCUT2D eigenvalue weighted by molar-refractivity contribution is 7.92. The van der Waals surface area contributed by atoms with Gasteiger partial charge in [-0.2, -0.15) is 0 Å². The zero-order valence-electron chi connectivity index (χ0n) is 21.4. The lowest BCUT2D eigenvalue weighted by atomic mass is 9.79. The molecule has 3 unspecified atom stereocenters. The molecule has 0 aromatic heterocycles. The number of hydrogen-bond donors (Lipinski definition) is 2. The lowest BCUT2D eigenvalue weighted by molar-refractivity contribution is 0.0368. The van der Waals surface area contributed by atoms with E-state index in [9.17, 15) is 13.2 Å². The van der Waals surface area contributed by atoms with Crippen molar-refractivity contribution in [1.29, 1.82) is 0 Å². The molecule has 6 nitrogen and oxygen atoms in total. The average molecular weight is 507 g/mol. The number of carbonyl (C=O) groups excluding carboxylic acids is 1. The van der Waals surface area contributed by atoms with E-state index in [4.69, 9.17) is 4.74 Å². The fourth-order valence-electron chi connectivity index (χ4n) is 4.95. The highest BCUT2D eigenvalue weighted by atomic mass is 32.2. The van der Waals surface area contributed by atoms with E-state index in [1.807, 2.05) is 63.2 Å². The first-order valence-corrected chi connectivity index (χ1v) is 13.8. The van der Waals surface area contributed by atoms with Crippen LogP contribution in [0.4, 0.5) is 11.4 Å². The van der Waals surface area contributed by atoms with Crippen molar-refractivity contribution in [2.75, 3.05) is 17.1 Å². The first-order chi connectivity index (χ1) is 17.1. The number of hydrogen-bond acceptors (Lipinski definition) is 5. The molecule has 1 aliphatic rings. The summed E-state index contributed by atoms with van der Waals surface area (Å²) in [6.07, 6.45) is 0.531. The summed E-state index contributed by atoms with van der Waals surface area (Å²) in [4.78, 5) is 12.6. The zero-order valence-corrected chi connectivity index (χ0v) is 22.2. The molecule has 2 N–H and O–H groups in total. The standard InChI is InChI=1S/C29H34N2O4S/c1-6-24-27(20-10-12-21(13-11-20)28(32)18(2)3)30-26-15-14-23(17-25(26)29(24)35-5)36(33,34)31-22-9-7-8-19(4)16-22/h7-18,24,27,29-31H,6H2,1-5H3. The quantitative estimate of drug-likeness (QED) is 0.340. The van der Waals surface area contributed by atoms with Crippen LogP contribution in [0, 0.1) is 18.8 Å². The third-order valence-corrected chi connectivity index (χ3v) is 8.22. The summed E-state index contributed by atoms with van der Waals surface area (Å²) in [6, 6.07) is 20.1. The molecule has 3 aromatic rings. The minimum Gasteiger partial charge on any atom is -0.378 e. The molecule has 1 heterocycles. The molecular formula is C29H34N2O4S. The van der Waals surface area contributed by atoms with Crippen molar-refractivity contribution in [3.8, 4) is 0 Å². The van der Waals surface area contributed by atoms with Gasteiger partial charge in [0.1, 0.15) is 0 Å². The molecule has 3 atom stereocenters. The molecule has 3 aromatic carbocycles. The van der Waals surface area contributed by atoms with E-state index in [0.717, 1.165) is 28.8 Å². The van der Waals surface area contributed by atoms with E-state index in [0.29, 0.717) is 11.3 Å². The fraction of sp³-hybridized carbons (Fsp3) is 0.345. The second-order valence-electron chi connectivity index (χ2n) is 9.72. The van der Waals surface area contributed by atoms with Crippen LogP contribution in [0.25, 0.3) is 0 Å². The third kappa shape index (κ3) is 5.18. The Morgan fingerprint density at radius 2 is 1.78 bits per heavy atom. The molecule has 0 spiro atoms. The van der Waals surface area contributed by atoms with Gasteiger partial charge in [-0.05, 0) is 54.8 Å². The van der Waals surface area contributed by atoms with Crippen LogP contribution in [0.5, 0.6) is 0 Å². The molecule has 0 amide bonds. The Kier molecular flexibility index (Phi) is 7.52. The van der Waals surface area contributed by atoms with Gasteiger partial charge in [-0.15, -0.1) is 0 Å². The van der Waals surface area contributed by atoms with Crippen LogP contribution in [0.3, 0.4) is 0 Å². The topological polar surface area (TPSA) is 84.5 Å². The Morgan fingerprint density at radius 1 is 1.06 bits per heavy atom. The van der Waals surface area contributed by atoms with Crippen LogP contribution in [0.1, 0.15) is 66.4 Å². The van der Waals surface area contributed by atoms with E-state index in [1.165, 1.54) is 0 Å². The number of Topliss-reactive ketones (excluding diaryl/α,β-unsaturated/α-hetero) is 1. The van der Waals surface area contributed by atoms with E-state index in [-0.39, 0.29) is 34.7 Å². The molecule has 0 bridgehead atoms. The summed E-state index contributed by atoms with van der Waals surface area (Å²) in [5, 5.41) is 3.61. The van der Waals surface area contributed by atoms with Crippen molar-refractivity contribution in [3.63, 3.8) is 0 Å². The molecule has 0 saturated heterocycles. The van der Waals surface area contributed by atoms with Gasteiger partial charge in [-0.3, -0.25) is 9.52 Å². The molecule has 0 radical (unpaired) electrons. The monoisotopic (exact) mass is 506 g/mol. The average Bonchev–Trinajstić information content (AvgIpc) is 2.86. The minimum absolute atomic E-state index is 0.0384. The Labute approximate surface area is 214 Å². The van der Waals surface area contributed by atoms with Crippen LogP contribution >= 0.6 is 0 Å². The largest absolute Gasteiger partial charge is 0.378 e. The molecule has 0 fully saturated rings. The van der Waals surface area contributed by atoms with Gasteiger partial charge in [0.2, 0.25) is 0 Å². The minimum atomic E-state index is -3.77. The molecule has 1 aliphatic heterocycles. The van der Waals surface area contributed by atoms with Crippen molar-refractivity contribution >= 4 is 27.2 Å². The van der Waals surface area contributed by atoms with Crippen LogP contribution in [0.15, 0.2) is 71.6 Å². The van der Waals surface area contributed by atoms with Gasteiger partial charge in [0.05, 0.1) is 17.0 Å². The molecule has 7 heteroatoms. The number of methoxy groups -OCH3 is 1. The van der Waals surface area contributed by atoms with Crippen molar-refractivity contribution < 1.29 is 17.9 Å². The van der Waals surface area contributed by atoms with Crippen molar-refractivity contribution in [2.45, 2.75) is 51.2 Å². The van der Waals surface area contributed by atoms with Crippen LogP contribution in [0.2, 0.25) is 0 Å². The molecule has 36 heavy (non-hydrogen) atoms. The number of aryl methyl sites for hydroxylation is 1. The zero-order chi connectivity index (χ0) is 26.0. The van der Waals surface area contributed by atoms with Gasteiger partial charge in [0.15, 0.2) is 5.78 Å². The maximum atomic E-state index is 13.2. The van der Waals surface area contributed by atoms with E-state index < -0.39 is 10.0 Å². The van der Waals surface area contributed by atoms with Crippen LogP contribution in [-0.2, 0) is 14.8 Å². The molecular weight excluding hydrogens is 472 g/mol. The second kappa shape index (κ2) is 10.4. The SMILES string of the molecule is CCC1C(c2ccc(C(=O)C(C)C)cc2)Nc2ccc(S(=O)(=O)Nc3cccc(C)c3)cc2C1OC. The Hall–Kier alpha value is -3.16. The summed E-state index contributed by atoms with van der Waals surface area (Å²) >= 11 is 0. The van der Waals surface area contributed by atoms with E-state index in [2.05, 4.69) is 17.0 Å². The summed E-state index contributed by atoms with van der Waals surface area (Å²) in [5.41, 5.74) is 4.93. The predicted molar refractivity (Wildman–Crippen MR) is 144 cm³/mol. The summed E-state index contributed by atoms with van der Waals surface area (Å²) in [5.74, 6) is 0.137. The number of sulfonamides is 1. The maximum Gasteiger partial charge on any atom is 0.261 e. The van der Waals surface area contributed by atoms with Gasteiger partial charge < -0.3 is 10.1 Å². The second-order valence-corrected chi connectivity index (χ2v) is 11.4. The predicted octanol–water partition coefficient (Wildman–Crippen LogP) is 6.52. The normalized spacial score (nSPS) is 19.4. The first-order valence-electron chi connectivity index (χ1n) is 12.3. The number of nitrogens with one attached hydrogen (secondary N) is 2. The van der Waals surface area contributed by atoms with E-state index in [1.54, 1.807) is 31.4 Å². The summed E-state index contributed by atoms with van der Waals surface area (Å²) < 4.78 is 35.0. The van der Waals surface area contributed by atoms with Gasteiger partial charge in [0, 0.05) is 41.4 Å². The van der Waals surface area contributed by atoms with Crippen LogP contribution < -0.4 is 10.0 Å². The molecule has 0 saturated carbocycles. The highest BCUT2D eigenvalue weighted by Gasteiger charge is 2.37. The third-order valence-electron chi connectivity index (χ3n) is 6.84. The lowest BCUT2D eigenvalue weighted by Gasteiger charge is -2.40. The number of anilines is 2. The fourth-order valence-corrected chi connectivity index (χ4v) is 6.03. The number of benzene rings is 3.